The first-order chi connectivity index (χ1) is 6.68. The highest BCUT2D eigenvalue weighted by molar-refractivity contribution is 9.10. The lowest BCUT2D eigenvalue weighted by Crippen LogP contribution is -2.30. The number of nitrogens with zero attached hydrogens (tertiary/aromatic N) is 2. The van der Waals surface area contributed by atoms with E-state index in [1.54, 1.807) is 11.2 Å². The number of nitrogens with two attached hydrogens (primary N) is 1. The third kappa shape index (κ3) is 1.80. The lowest BCUT2D eigenvalue weighted by atomic mass is 10.1. The predicted octanol–water partition coefficient (Wildman–Crippen LogP) is 1.99. The van der Waals surface area contributed by atoms with E-state index in [9.17, 15) is 4.39 Å². The molecule has 1 atom stereocenters. The number of pyridine rings is 1. The molecule has 0 aliphatic carbocycles. The third-order valence-corrected chi connectivity index (χ3v) is 3.08. The Morgan fingerprint density at radius 3 is 3.00 bits per heavy atom. The van der Waals surface area contributed by atoms with Crippen LogP contribution in [-0.4, -0.2) is 16.5 Å². The molecule has 0 radical (unpaired) electrons. The Morgan fingerprint density at radius 1 is 1.64 bits per heavy atom. The van der Waals surface area contributed by atoms with E-state index >= 15 is 0 Å². The van der Waals surface area contributed by atoms with Crippen LogP contribution in [0.5, 0.6) is 0 Å². The van der Waals surface area contributed by atoms with Gasteiger partial charge in [-0.15, -0.1) is 0 Å². The fourth-order valence-corrected chi connectivity index (χ4v) is 1.98. The van der Waals surface area contributed by atoms with Crippen LogP contribution in [0.4, 0.5) is 4.39 Å². The summed E-state index contributed by atoms with van der Waals surface area (Å²) < 4.78 is 13.4. The lowest BCUT2D eigenvalue weighted by molar-refractivity contribution is 0.265. The molecular formula is C9H11BrFN3. The summed E-state index contributed by atoms with van der Waals surface area (Å²) in [5, 5.41) is 1.74. The van der Waals surface area contributed by atoms with Gasteiger partial charge in [-0.1, -0.05) is 0 Å². The molecule has 1 aromatic heterocycles. The van der Waals surface area contributed by atoms with E-state index in [1.165, 1.54) is 6.07 Å². The molecule has 1 aromatic rings. The van der Waals surface area contributed by atoms with Crippen LogP contribution >= 0.6 is 15.9 Å². The first kappa shape index (κ1) is 10.0. The van der Waals surface area contributed by atoms with E-state index in [-0.39, 0.29) is 16.5 Å². The highest BCUT2D eigenvalue weighted by Gasteiger charge is 2.24. The maximum atomic E-state index is 13.2. The van der Waals surface area contributed by atoms with E-state index in [4.69, 9.17) is 5.84 Å². The van der Waals surface area contributed by atoms with Crippen LogP contribution in [-0.2, 0) is 0 Å². The van der Waals surface area contributed by atoms with Crippen LogP contribution in [0.3, 0.4) is 0 Å². The minimum absolute atomic E-state index is 0.116. The summed E-state index contributed by atoms with van der Waals surface area (Å²) in [6, 6.07) is 1.61. The molecule has 0 amide bonds. The van der Waals surface area contributed by atoms with Gasteiger partial charge < -0.3 is 0 Å². The average Bonchev–Trinajstić information content (AvgIpc) is 2.57. The average molecular weight is 260 g/mol. The van der Waals surface area contributed by atoms with Gasteiger partial charge in [0, 0.05) is 12.7 Å². The molecule has 2 heterocycles. The van der Waals surface area contributed by atoms with Gasteiger partial charge in [-0.25, -0.2) is 14.4 Å². The fraction of sp³-hybridized carbons (Fsp3) is 0.444. The maximum Gasteiger partial charge on any atom is 0.156 e. The minimum Gasteiger partial charge on any atom is -0.268 e. The Kier molecular flexibility index (Phi) is 2.80. The van der Waals surface area contributed by atoms with Gasteiger partial charge >= 0.3 is 0 Å². The molecule has 3 nitrogen and oxygen atoms in total. The quantitative estimate of drug-likeness (QED) is 0.620. The maximum absolute atomic E-state index is 13.2. The lowest BCUT2D eigenvalue weighted by Gasteiger charge is -2.18. The Morgan fingerprint density at radius 2 is 2.43 bits per heavy atom. The molecule has 0 spiro atoms. The van der Waals surface area contributed by atoms with Gasteiger partial charge in [-0.3, -0.25) is 5.84 Å². The molecule has 2 rings (SSSR count). The van der Waals surface area contributed by atoms with Crippen molar-refractivity contribution in [3.8, 4) is 0 Å². The number of hydrazine groups is 1. The summed E-state index contributed by atoms with van der Waals surface area (Å²) in [6.07, 6.45) is 3.70. The molecule has 1 saturated heterocycles. The molecule has 0 aromatic carbocycles. The van der Waals surface area contributed by atoms with Crippen molar-refractivity contribution in [1.82, 2.24) is 9.99 Å². The van der Waals surface area contributed by atoms with E-state index in [1.807, 2.05) is 0 Å². The van der Waals surface area contributed by atoms with Gasteiger partial charge in [0.05, 0.1) is 6.04 Å². The molecule has 1 aliphatic heterocycles. The van der Waals surface area contributed by atoms with Crippen LogP contribution in [0.2, 0.25) is 0 Å². The van der Waals surface area contributed by atoms with Crippen molar-refractivity contribution in [2.24, 2.45) is 5.84 Å². The predicted molar refractivity (Wildman–Crippen MR) is 54.8 cm³/mol. The first-order valence-corrected chi connectivity index (χ1v) is 5.30. The molecule has 5 heteroatoms. The summed E-state index contributed by atoms with van der Waals surface area (Å²) in [6.45, 7) is 0.863. The van der Waals surface area contributed by atoms with Crippen LogP contribution < -0.4 is 5.84 Å². The van der Waals surface area contributed by atoms with Crippen molar-refractivity contribution < 1.29 is 4.39 Å². The second-order valence-corrected chi connectivity index (χ2v) is 4.19. The van der Waals surface area contributed by atoms with Gasteiger partial charge in [0.2, 0.25) is 0 Å². The van der Waals surface area contributed by atoms with Crippen molar-refractivity contribution in [2.45, 2.75) is 18.9 Å². The van der Waals surface area contributed by atoms with Gasteiger partial charge in [-0.2, -0.15) is 0 Å². The van der Waals surface area contributed by atoms with E-state index < -0.39 is 0 Å². The Hall–Kier alpha value is -0.520. The zero-order valence-electron chi connectivity index (χ0n) is 7.58. The topological polar surface area (TPSA) is 42.1 Å². The first-order valence-electron chi connectivity index (χ1n) is 4.51. The standard InChI is InChI=1S/C9H11BrFN3/c10-9-7(11)4-6(5-13-9)8-2-1-3-14(8)12/h4-5,8H,1-3,12H2/t8-/m1/s1. The Balaban J connectivity index is 2.28. The van der Waals surface area contributed by atoms with Gasteiger partial charge in [-0.05, 0) is 40.4 Å². The van der Waals surface area contributed by atoms with E-state index in [0.29, 0.717) is 0 Å². The van der Waals surface area contributed by atoms with Crippen molar-refractivity contribution >= 4 is 15.9 Å². The molecule has 2 N–H and O–H groups in total. The normalized spacial score (nSPS) is 22.9. The Bertz CT molecular complexity index is 345. The number of hydrogen-bond donors (Lipinski definition) is 1. The van der Waals surface area contributed by atoms with Crippen LogP contribution in [0.1, 0.15) is 24.4 Å². The van der Waals surface area contributed by atoms with Gasteiger partial charge in [0.25, 0.3) is 0 Å². The monoisotopic (exact) mass is 259 g/mol. The molecule has 14 heavy (non-hydrogen) atoms. The molecular weight excluding hydrogens is 249 g/mol. The highest BCUT2D eigenvalue weighted by atomic mass is 79.9. The molecule has 76 valence electrons. The molecule has 0 unspecified atom stereocenters. The fourth-order valence-electron chi connectivity index (χ4n) is 1.77. The summed E-state index contributed by atoms with van der Waals surface area (Å²) >= 11 is 3.02. The van der Waals surface area contributed by atoms with Crippen molar-refractivity contribution in [3.63, 3.8) is 0 Å². The second kappa shape index (κ2) is 3.92. The van der Waals surface area contributed by atoms with Gasteiger partial charge in [0.1, 0.15) is 4.60 Å². The SMILES string of the molecule is NN1CCC[C@@H]1c1cnc(Br)c(F)c1. The number of hydrogen-bond acceptors (Lipinski definition) is 3. The summed E-state index contributed by atoms with van der Waals surface area (Å²) in [7, 11) is 0. The smallest absolute Gasteiger partial charge is 0.156 e. The van der Waals surface area contributed by atoms with Crippen molar-refractivity contribution in [1.29, 1.82) is 0 Å². The largest absolute Gasteiger partial charge is 0.268 e. The number of aromatic nitrogens is 1. The van der Waals surface area contributed by atoms with E-state index in [0.717, 1.165) is 24.9 Å². The number of halogens is 2. The van der Waals surface area contributed by atoms with Crippen molar-refractivity contribution in [3.05, 3.63) is 28.2 Å². The molecule has 1 aliphatic rings. The van der Waals surface area contributed by atoms with Crippen LogP contribution in [0.25, 0.3) is 0 Å². The highest BCUT2D eigenvalue weighted by Crippen LogP contribution is 2.29. The van der Waals surface area contributed by atoms with Gasteiger partial charge in [0.15, 0.2) is 5.82 Å². The molecule has 0 saturated carbocycles. The summed E-state index contributed by atoms with van der Waals surface area (Å²) in [4.78, 5) is 3.92. The summed E-state index contributed by atoms with van der Waals surface area (Å²) in [5.41, 5.74) is 0.853. The Labute approximate surface area is 90.2 Å². The third-order valence-electron chi connectivity index (χ3n) is 2.50. The zero-order valence-corrected chi connectivity index (χ0v) is 9.17. The molecule has 1 fully saturated rings. The van der Waals surface area contributed by atoms with Crippen molar-refractivity contribution in [2.75, 3.05) is 6.54 Å². The summed E-state index contributed by atoms with van der Waals surface area (Å²) in [5.74, 6) is 5.44. The zero-order chi connectivity index (χ0) is 10.1. The number of rotatable bonds is 1. The molecule has 0 bridgehead atoms. The second-order valence-electron chi connectivity index (χ2n) is 3.44. The van der Waals surface area contributed by atoms with E-state index in [2.05, 4.69) is 20.9 Å². The minimum atomic E-state index is -0.331. The van der Waals surface area contributed by atoms with Crippen LogP contribution in [0, 0.1) is 5.82 Å². The van der Waals surface area contributed by atoms with Crippen LogP contribution in [0.15, 0.2) is 16.9 Å².